The largest absolute Gasteiger partial charge is 0.493 e. The third-order valence-corrected chi connectivity index (χ3v) is 3.36. The minimum absolute atomic E-state index is 0.126. The lowest BCUT2D eigenvalue weighted by atomic mass is 10.1. The molecule has 0 N–H and O–H groups in total. The summed E-state index contributed by atoms with van der Waals surface area (Å²) in [6.07, 6.45) is 0.490. The molecule has 0 aliphatic rings. The Bertz CT molecular complexity index is 628. The molecule has 0 spiro atoms. The maximum atomic E-state index is 11.0. The molecule has 0 aromatic heterocycles. The first-order valence-electron chi connectivity index (χ1n) is 6.18. The summed E-state index contributed by atoms with van der Waals surface area (Å²) in [6.45, 7) is 2.40. The molecule has 0 bridgehead atoms. The van der Waals surface area contributed by atoms with Crippen molar-refractivity contribution in [2.45, 2.75) is 13.3 Å². The molecule has 0 atom stereocenters. The van der Waals surface area contributed by atoms with Crippen LogP contribution < -0.4 is 4.74 Å². The molecule has 5 heteroatoms. The fourth-order valence-electron chi connectivity index (χ4n) is 1.92. The molecule has 0 heterocycles. The Labute approximate surface area is 125 Å². The summed E-state index contributed by atoms with van der Waals surface area (Å²) >= 11 is 3.33. The normalized spacial score (nSPS) is 10.3. The summed E-state index contributed by atoms with van der Waals surface area (Å²) in [5.41, 5.74) is 1.91. The van der Waals surface area contributed by atoms with Crippen LogP contribution in [-0.4, -0.2) is 11.5 Å². The lowest BCUT2D eigenvalue weighted by molar-refractivity contribution is -0.385. The average molecular weight is 336 g/mol. The van der Waals surface area contributed by atoms with Crippen LogP contribution in [0.25, 0.3) is 0 Å². The fourth-order valence-corrected chi connectivity index (χ4v) is 2.32. The molecule has 2 rings (SSSR count). The van der Waals surface area contributed by atoms with Crippen LogP contribution in [0.4, 0.5) is 5.69 Å². The van der Waals surface area contributed by atoms with E-state index in [2.05, 4.69) is 15.9 Å². The number of hydrogen-bond donors (Lipinski definition) is 0. The molecule has 0 fully saturated rings. The standard InChI is InChI=1S/C15H14BrNO3/c1-11-3-2-4-14(9-11)20-8-7-12-10-13(16)5-6-15(12)17(18)19/h2-6,9-10H,7-8H2,1H3. The fraction of sp³-hybridized carbons (Fsp3) is 0.200. The van der Waals surface area contributed by atoms with Gasteiger partial charge >= 0.3 is 0 Å². The number of benzene rings is 2. The number of nitro groups is 1. The van der Waals surface area contributed by atoms with E-state index in [0.29, 0.717) is 18.6 Å². The van der Waals surface area contributed by atoms with Crippen LogP contribution >= 0.6 is 15.9 Å². The van der Waals surface area contributed by atoms with Gasteiger partial charge in [-0.15, -0.1) is 0 Å². The molecule has 0 saturated carbocycles. The molecule has 0 saturated heterocycles. The quantitative estimate of drug-likeness (QED) is 0.605. The lowest BCUT2D eigenvalue weighted by Crippen LogP contribution is -2.04. The number of nitrogens with zero attached hydrogens (tertiary/aromatic N) is 1. The highest BCUT2D eigenvalue weighted by molar-refractivity contribution is 9.10. The molecule has 0 amide bonds. The Morgan fingerprint density at radius 1 is 1.25 bits per heavy atom. The number of nitro benzene ring substituents is 1. The van der Waals surface area contributed by atoms with E-state index in [1.807, 2.05) is 31.2 Å². The first kappa shape index (κ1) is 14.5. The SMILES string of the molecule is Cc1cccc(OCCc2cc(Br)ccc2[N+](=O)[O-])c1. The highest BCUT2D eigenvalue weighted by Crippen LogP contribution is 2.23. The third kappa shape index (κ3) is 3.81. The van der Waals surface area contributed by atoms with Gasteiger partial charge in [-0.3, -0.25) is 10.1 Å². The molecule has 0 unspecified atom stereocenters. The van der Waals surface area contributed by atoms with Crippen molar-refractivity contribution in [3.63, 3.8) is 0 Å². The van der Waals surface area contributed by atoms with Crippen LogP contribution in [0.15, 0.2) is 46.9 Å². The summed E-state index contributed by atoms with van der Waals surface area (Å²) < 4.78 is 6.45. The van der Waals surface area contributed by atoms with Gasteiger partial charge in [-0.2, -0.15) is 0 Å². The van der Waals surface area contributed by atoms with E-state index in [-0.39, 0.29) is 10.6 Å². The number of ether oxygens (including phenoxy) is 1. The van der Waals surface area contributed by atoms with Gasteiger partial charge in [-0.25, -0.2) is 0 Å². The van der Waals surface area contributed by atoms with Crippen LogP contribution in [0.5, 0.6) is 5.75 Å². The van der Waals surface area contributed by atoms with Gasteiger partial charge in [-0.05, 0) is 36.8 Å². The van der Waals surface area contributed by atoms with Gasteiger partial charge in [0.15, 0.2) is 0 Å². The Hall–Kier alpha value is -1.88. The van der Waals surface area contributed by atoms with E-state index < -0.39 is 0 Å². The van der Waals surface area contributed by atoms with Crippen LogP contribution in [0, 0.1) is 17.0 Å². The highest BCUT2D eigenvalue weighted by atomic mass is 79.9. The summed E-state index contributed by atoms with van der Waals surface area (Å²) in [5, 5.41) is 11.0. The molecular weight excluding hydrogens is 322 g/mol. The molecular formula is C15H14BrNO3. The van der Waals surface area contributed by atoms with E-state index in [0.717, 1.165) is 15.8 Å². The van der Waals surface area contributed by atoms with Crippen molar-refractivity contribution in [3.05, 3.63) is 68.2 Å². The first-order valence-corrected chi connectivity index (χ1v) is 6.98. The van der Waals surface area contributed by atoms with Crippen molar-refractivity contribution >= 4 is 21.6 Å². The maximum absolute atomic E-state index is 11.0. The van der Waals surface area contributed by atoms with Crippen molar-refractivity contribution in [3.8, 4) is 5.75 Å². The predicted molar refractivity (Wildman–Crippen MR) is 81.2 cm³/mol. The average Bonchev–Trinajstić information content (AvgIpc) is 2.38. The minimum Gasteiger partial charge on any atom is -0.493 e. The third-order valence-electron chi connectivity index (χ3n) is 2.87. The van der Waals surface area contributed by atoms with Crippen LogP contribution in [0.3, 0.4) is 0 Å². The number of halogens is 1. The van der Waals surface area contributed by atoms with Crippen LogP contribution in [-0.2, 0) is 6.42 Å². The number of aryl methyl sites for hydroxylation is 1. The molecule has 104 valence electrons. The van der Waals surface area contributed by atoms with Gasteiger partial charge in [-0.1, -0.05) is 28.1 Å². The topological polar surface area (TPSA) is 52.4 Å². The summed E-state index contributed by atoms with van der Waals surface area (Å²) in [5.74, 6) is 0.780. The van der Waals surface area contributed by atoms with Crippen molar-refractivity contribution < 1.29 is 9.66 Å². The Morgan fingerprint density at radius 2 is 2.05 bits per heavy atom. The lowest BCUT2D eigenvalue weighted by Gasteiger charge is -2.07. The highest BCUT2D eigenvalue weighted by Gasteiger charge is 2.13. The van der Waals surface area contributed by atoms with E-state index in [1.165, 1.54) is 6.07 Å². The molecule has 0 aliphatic heterocycles. The summed E-state index contributed by atoms with van der Waals surface area (Å²) in [7, 11) is 0. The van der Waals surface area contributed by atoms with Crippen LogP contribution in [0.1, 0.15) is 11.1 Å². The predicted octanol–water partition coefficient (Wildman–Crippen LogP) is 4.29. The molecule has 4 nitrogen and oxygen atoms in total. The van der Waals surface area contributed by atoms with Crippen molar-refractivity contribution in [1.82, 2.24) is 0 Å². The van der Waals surface area contributed by atoms with Gasteiger partial charge in [0.1, 0.15) is 5.75 Å². The zero-order valence-electron chi connectivity index (χ0n) is 11.0. The van der Waals surface area contributed by atoms with Gasteiger partial charge in [0.05, 0.1) is 11.5 Å². The Morgan fingerprint density at radius 3 is 2.75 bits per heavy atom. The van der Waals surface area contributed by atoms with Crippen molar-refractivity contribution in [2.75, 3.05) is 6.61 Å². The minimum atomic E-state index is -0.367. The first-order chi connectivity index (χ1) is 9.56. The second kappa shape index (κ2) is 6.52. The molecule has 0 aliphatic carbocycles. The molecule has 20 heavy (non-hydrogen) atoms. The van der Waals surface area contributed by atoms with Gasteiger partial charge in [0.25, 0.3) is 5.69 Å². The van der Waals surface area contributed by atoms with E-state index in [4.69, 9.17) is 4.74 Å². The maximum Gasteiger partial charge on any atom is 0.272 e. The van der Waals surface area contributed by atoms with Crippen molar-refractivity contribution in [2.24, 2.45) is 0 Å². The smallest absolute Gasteiger partial charge is 0.272 e. The monoisotopic (exact) mass is 335 g/mol. The Kier molecular flexibility index (Phi) is 4.74. The van der Waals surface area contributed by atoms with Gasteiger partial charge < -0.3 is 4.74 Å². The number of rotatable bonds is 5. The van der Waals surface area contributed by atoms with E-state index in [9.17, 15) is 10.1 Å². The second-order valence-corrected chi connectivity index (χ2v) is 5.36. The van der Waals surface area contributed by atoms with Crippen molar-refractivity contribution in [1.29, 1.82) is 0 Å². The van der Waals surface area contributed by atoms with Gasteiger partial charge in [0, 0.05) is 22.5 Å². The second-order valence-electron chi connectivity index (χ2n) is 4.45. The zero-order valence-corrected chi connectivity index (χ0v) is 12.6. The zero-order chi connectivity index (χ0) is 14.5. The van der Waals surface area contributed by atoms with E-state index in [1.54, 1.807) is 12.1 Å². The molecule has 0 radical (unpaired) electrons. The van der Waals surface area contributed by atoms with E-state index >= 15 is 0 Å². The summed E-state index contributed by atoms with van der Waals surface area (Å²) in [4.78, 5) is 10.6. The van der Waals surface area contributed by atoms with Gasteiger partial charge in [0.2, 0.25) is 0 Å². The Balaban J connectivity index is 2.04. The molecule has 2 aromatic rings. The number of hydrogen-bond acceptors (Lipinski definition) is 3. The van der Waals surface area contributed by atoms with Crippen LogP contribution in [0.2, 0.25) is 0 Å². The molecule has 2 aromatic carbocycles. The summed E-state index contributed by atoms with van der Waals surface area (Å²) in [6, 6.07) is 12.7.